The molecule has 1 atom stereocenters. The van der Waals surface area contributed by atoms with Crippen molar-refractivity contribution in [2.24, 2.45) is 0 Å². The monoisotopic (exact) mass is 1130 g/mol. The van der Waals surface area contributed by atoms with E-state index in [-0.39, 0.29) is 101 Å². The van der Waals surface area contributed by atoms with E-state index in [9.17, 15) is 14.4 Å². The fourth-order valence-corrected chi connectivity index (χ4v) is 7.32. The molecule has 0 aliphatic heterocycles. The van der Waals surface area contributed by atoms with Crippen molar-refractivity contribution in [2.45, 2.75) is 75.8 Å². The molecule has 4 rings (SSSR count). The molecule has 32 heteroatoms. The van der Waals surface area contributed by atoms with Crippen LogP contribution in [0.15, 0.2) is 71.9 Å². The van der Waals surface area contributed by atoms with Crippen molar-refractivity contribution < 1.29 is 116 Å². The number of nitrogens with zero attached hydrogens (tertiary/aromatic N) is 7. The molecule has 2 heterocycles. The highest BCUT2D eigenvalue weighted by molar-refractivity contribution is 7.92. The number of para-hydroxylation sites is 2. The molecule has 0 radical (unpaired) electrons. The van der Waals surface area contributed by atoms with E-state index in [4.69, 9.17) is 78.6 Å². The van der Waals surface area contributed by atoms with Gasteiger partial charge in [-0.15, -0.1) is 0 Å². The van der Waals surface area contributed by atoms with Crippen LogP contribution in [-0.2, 0) is 58.4 Å². The number of anilines is 1. The van der Waals surface area contributed by atoms with Gasteiger partial charge >= 0.3 is 18.5 Å². The summed E-state index contributed by atoms with van der Waals surface area (Å²) in [5.74, 6) is -1.53. The lowest BCUT2D eigenvalue weighted by atomic mass is 9.88. The summed E-state index contributed by atoms with van der Waals surface area (Å²) in [6, 6.07) is 15.1. The van der Waals surface area contributed by atoms with E-state index in [2.05, 4.69) is 29.5 Å². The maximum atomic E-state index is 15.1. The van der Waals surface area contributed by atoms with Gasteiger partial charge in [-0.2, -0.15) is 13.4 Å². The summed E-state index contributed by atoms with van der Waals surface area (Å²) in [7, 11) is -2.22. The van der Waals surface area contributed by atoms with E-state index in [1.54, 1.807) is 30.3 Å². The van der Waals surface area contributed by atoms with Crippen LogP contribution in [-0.4, -0.2) is 169 Å². The van der Waals surface area contributed by atoms with Gasteiger partial charge in [-0.25, -0.2) is 28.7 Å². The third kappa shape index (κ3) is 22.1. The van der Waals surface area contributed by atoms with Gasteiger partial charge in [0.15, 0.2) is 41.0 Å². The molecule has 0 saturated carbocycles. The molecule has 0 bridgehead atoms. The molecule has 2 aromatic carbocycles. The minimum absolute atomic E-state index is 0.0538. The van der Waals surface area contributed by atoms with E-state index in [1.165, 1.54) is 50.7 Å². The molecule has 4 aromatic rings. The van der Waals surface area contributed by atoms with Crippen molar-refractivity contribution >= 4 is 34.3 Å². The molecule has 0 saturated heterocycles. The van der Waals surface area contributed by atoms with E-state index >= 15 is 8.42 Å². The lowest BCUT2D eigenvalue weighted by molar-refractivity contribution is -0.492. The molecule has 6 N–H and O–H groups in total. The van der Waals surface area contributed by atoms with Crippen LogP contribution in [0.3, 0.4) is 0 Å². The van der Waals surface area contributed by atoms with Gasteiger partial charge in [0.25, 0.3) is 15.9 Å². The largest absolute Gasteiger partial charge is 0.510 e. The summed E-state index contributed by atoms with van der Waals surface area (Å²) < 4.78 is 85.9. The van der Waals surface area contributed by atoms with Crippen LogP contribution in [0.1, 0.15) is 64.9 Å². The second-order valence-corrected chi connectivity index (χ2v) is 18.6. The standard InChI is InChI=1S/C46H63N7O24S/c1-46(2,3)33-18-21-38(47-28-33)78(63,64)50(31-72-44(55)68-23-9-12-26-74-52(59)60)41-39(77-37-15-7-6-14-36(37)66-5)42(49-40(48-41)32-16-19-34(65-4)20-17-32)70-29-35(76-45(56)69-24-10-13-27-75-53(61)62)30-71-43(54)67-22-8-11-25-73-51(57)58/h6-7,14-21,28,35,57-62H,8-13,22-27,29-31H2,1-5H3. The number of benzene rings is 2. The molecule has 0 amide bonds. The molecule has 31 nitrogen and oxygen atoms in total. The SMILES string of the molecule is COc1ccc(-c2nc(OCC(COC(=O)OCCCCON(O)O)OC(=O)OCCCCON(O)O)c(Oc3ccccc3OC)c(N(COC(=O)OCCCCON(O)O)S(=O)(=O)c3ccc(C(C)(C)C)cn3)n2)cc1. The number of ether oxygens (including phenoxy) is 10. The van der Waals surface area contributed by atoms with Crippen LogP contribution in [0.5, 0.6) is 28.9 Å². The van der Waals surface area contributed by atoms with Crippen LogP contribution in [0.25, 0.3) is 11.4 Å². The molecule has 78 heavy (non-hydrogen) atoms. The van der Waals surface area contributed by atoms with Gasteiger partial charge in [0.2, 0.25) is 5.75 Å². The van der Waals surface area contributed by atoms with Crippen molar-refractivity contribution in [1.29, 1.82) is 0 Å². The predicted octanol–water partition coefficient (Wildman–Crippen LogP) is 6.38. The van der Waals surface area contributed by atoms with Gasteiger partial charge < -0.3 is 47.4 Å². The summed E-state index contributed by atoms with van der Waals surface area (Å²) in [5, 5.41) is 50.6. The highest BCUT2D eigenvalue weighted by Crippen LogP contribution is 2.44. The molecule has 432 valence electrons. The van der Waals surface area contributed by atoms with Crippen LogP contribution < -0.4 is 23.3 Å². The first-order valence-electron chi connectivity index (χ1n) is 23.6. The minimum Gasteiger partial charge on any atom is -0.497 e. The zero-order valence-electron chi connectivity index (χ0n) is 43.1. The summed E-state index contributed by atoms with van der Waals surface area (Å²) >= 11 is 0. The van der Waals surface area contributed by atoms with Crippen molar-refractivity contribution in [2.75, 3.05) is 78.1 Å². The number of carbonyl (C=O) groups excluding carboxylic acids is 3. The zero-order chi connectivity index (χ0) is 57.1. The fraction of sp³-hybridized carbons (Fsp3) is 0.478. The first-order chi connectivity index (χ1) is 37.2. The summed E-state index contributed by atoms with van der Waals surface area (Å²) in [6.07, 6.45) is -2.95. The van der Waals surface area contributed by atoms with E-state index in [0.29, 0.717) is 15.6 Å². The van der Waals surface area contributed by atoms with E-state index < -0.39 is 98.6 Å². The molecule has 0 aliphatic rings. The average Bonchev–Trinajstić information content (AvgIpc) is 3.45. The second-order valence-electron chi connectivity index (χ2n) is 16.8. The quantitative estimate of drug-likeness (QED) is 0.00970. The maximum absolute atomic E-state index is 15.1. The summed E-state index contributed by atoms with van der Waals surface area (Å²) in [6.45, 7) is 1.80. The molecule has 0 spiro atoms. The normalized spacial score (nSPS) is 12.0. The molecular weight excluding hydrogens is 1070 g/mol. The van der Waals surface area contributed by atoms with Gasteiger partial charge in [0.1, 0.15) is 19.0 Å². The Bertz CT molecular complexity index is 2560. The number of hydrogen-bond acceptors (Lipinski definition) is 30. The third-order valence-corrected chi connectivity index (χ3v) is 11.7. The summed E-state index contributed by atoms with van der Waals surface area (Å²) in [4.78, 5) is 66.0. The lowest BCUT2D eigenvalue weighted by Gasteiger charge is -2.26. The van der Waals surface area contributed by atoms with Gasteiger partial charge in [0.05, 0.1) is 70.0 Å². The minimum atomic E-state index is -4.99. The molecule has 2 aromatic heterocycles. The number of sulfonamides is 1. The third-order valence-electron chi connectivity index (χ3n) is 10.1. The Morgan fingerprint density at radius 1 is 0.615 bits per heavy atom. The number of aromatic nitrogens is 3. The Kier molecular flexibility index (Phi) is 26.6. The highest BCUT2D eigenvalue weighted by Gasteiger charge is 2.36. The molecule has 1 unspecified atom stereocenters. The van der Waals surface area contributed by atoms with Crippen LogP contribution in [0.4, 0.5) is 20.2 Å². The van der Waals surface area contributed by atoms with Crippen LogP contribution >= 0.6 is 0 Å². The number of carbonyl (C=O) groups is 3. The van der Waals surface area contributed by atoms with Crippen molar-refractivity contribution in [3.05, 3.63) is 72.4 Å². The topological polar surface area (TPSA) is 378 Å². The van der Waals surface area contributed by atoms with E-state index in [0.717, 1.165) is 0 Å². The van der Waals surface area contributed by atoms with Gasteiger partial charge in [-0.05, 0) is 92.0 Å². The van der Waals surface area contributed by atoms with Crippen molar-refractivity contribution in [3.8, 4) is 40.3 Å². The summed E-state index contributed by atoms with van der Waals surface area (Å²) in [5.41, 5.74) is 0.440. The molecular formula is C46H63N7O24S. The van der Waals surface area contributed by atoms with Gasteiger partial charge in [0, 0.05) is 11.8 Å². The van der Waals surface area contributed by atoms with Crippen molar-refractivity contribution in [3.63, 3.8) is 0 Å². The van der Waals surface area contributed by atoms with Crippen LogP contribution in [0, 0.1) is 0 Å². The Balaban J connectivity index is 1.86. The maximum Gasteiger partial charge on any atom is 0.510 e. The Morgan fingerprint density at radius 3 is 1.67 bits per heavy atom. The number of unbranched alkanes of at least 4 members (excludes halogenated alkanes) is 3. The first-order valence-corrected chi connectivity index (χ1v) is 25.0. The highest BCUT2D eigenvalue weighted by atomic mass is 32.2. The Labute approximate surface area is 446 Å². The fourth-order valence-electron chi connectivity index (χ4n) is 6.12. The first kappa shape index (κ1) is 63.5. The Morgan fingerprint density at radius 2 is 1.15 bits per heavy atom. The molecule has 0 fully saturated rings. The number of hydrogen-bond donors (Lipinski definition) is 6. The van der Waals surface area contributed by atoms with Crippen molar-refractivity contribution in [1.82, 2.24) is 31.1 Å². The smallest absolute Gasteiger partial charge is 0.497 e. The van der Waals surface area contributed by atoms with Gasteiger partial charge in [-0.1, -0.05) is 39.0 Å². The van der Waals surface area contributed by atoms with Gasteiger partial charge in [-0.3, -0.25) is 45.8 Å². The number of methoxy groups -OCH3 is 2. The predicted molar refractivity (Wildman–Crippen MR) is 258 cm³/mol. The number of pyridine rings is 1. The van der Waals surface area contributed by atoms with Crippen LogP contribution in [0.2, 0.25) is 0 Å². The zero-order valence-corrected chi connectivity index (χ0v) is 43.9. The Hall–Kier alpha value is -7.05. The number of rotatable bonds is 34. The second kappa shape index (κ2) is 32.6. The average molecular weight is 1130 g/mol. The van der Waals surface area contributed by atoms with E-state index in [1.807, 2.05) is 20.8 Å². The lowest BCUT2D eigenvalue weighted by Crippen LogP contribution is -2.36. The molecule has 0 aliphatic carbocycles.